The molecule has 1 amide bonds. The van der Waals surface area contributed by atoms with Gasteiger partial charge in [0.15, 0.2) is 9.50 Å². The Balaban J connectivity index is 1.26. The van der Waals surface area contributed by atoms with Crippen LogP contribution in [0.1, 0.15) is 36.2 Å². The number of carbonyl (C=O) groups excluding carboxylic acids is 1. The summed E-state index contributed by atoms with van der Waals surface area (Å²) >= 11 is 2.57. The Hall–Kier alpha value is -2.96. The van der Waals surface area contributed by atoms with Crippen LogP contribution >= 0.6 is 23.1 Å². The fourth-order valence-corrected chi connectivity index (χ4v) is 5.81. The number of halogens is 2. The van der Waals surface area contributed by atoms with E-state index in [1.165, 1.54) is 35.2 Å². The number of likely N-dealkylation sites (tertiary alicyclic amines) is 1. The summed E-state index contributed by atoms with van der Waals surface area (Å²) in [5.74, 6) is -0.241. The fraction of sp³-hybridized carbons (Fsp3) is 0.348. The Morgan fingerprint density at radius 3 is 2.94 bits per heavy atom. The topological polar surface area (TPSA) is 103 Å². The van der Waals surface area contributed by atoms with E-state index in [0.29, 0.717) is 26.2 Å². The number of aliphatic hydroxyl groups excluding tert-OH is 1. The van der Waals surface area contributed by atoms with Crippen molar-refractivity contribution in [3.8, 4) is 5.75 Å². The van der Waals surface area contributed by atoms with Crippen molar-refractivity contribution >= 4 is 40.0 Å². The van der Waals surface area contributed by atoms with Crippen LogP contribution in [0.4, 0.5) is 8.78 Å². The van der Waals surface area contributed by atoms with E-state index in [1.807, 2.05) is 12.2 Å². The number of carbonyl (C=O) groups is 1. The molecule has 0 radical (unpaired) electrons. The molecule has 0 bridgehead atoms. The minimum Gasteiger partial charge on any atom is -0.435 e. The second-order valence-corrected chi connectivity index (χ2v) is 10.3. The number of piperidine rings is 1. The van der Waals surface area contributed by atoms with Crippen molar-refractivity contribution in [2.75, 3.05) is 13.1 Å². The normalized spacial score (nSPS) is 17.0. The van der Waals surface area contributed by atoms with Crippen LogP contribution in [0.5, 0.6) is 5.75 Å². The lowest BCUT2D eigenvalue weighted by atomic mass is 10.0. The molecule has 8 nitrogen and oxygen atoms in total. The van der Waals surface area contributed by atoms with Gasteiger partial charge in [0.1, 0.15) is 11.4 Å². The van der Waals surface area contributed by atoms with Gasteiger partial charge in [0.2, 0.25) is 0 Å². The first-order valence-electron chi connectivity index (χ1n) is 11.2. The molecule has 0 unspecified atom stereocenters. The minimum atomic E-state index is -2.90. The molecule has 35 heavy (non-hydrogen) atoms. The van der Waals surface area contributed by atoms with E-state index in [-0.39, 0.29) is 17.8 Å². The molecule has 1 fully saturated rings. The average molecular weight is 520 g/mol. The zero-order chi connectivity index (χ0) is 24.4. The summed E-state index contributed by atoms with van der Waals surface area (Å²) < 4.78 is 29.9. The maximum Gasteiger partial charge on any atom is 0.387 e. The summed E-state index contributed by atoms with van der Waals surface area (Å²) in [6.07, 6.45) is 6.93. The van der Waals surface area contributed by atoms with E-state index >= 15 is 0 Å². The van der Waals surface area contributed by atoms with E-state index in [9.17, 15) is 18.7 Å². The van der Waals surface area contributed by atoms with E-state index in [4.69, 9.17) is 0 Å². The van der Waals surface area contributed by atoms with Crippen molar-refractivity contribution in [3.63, 3.8) is 0 Å². The van der Waals surface area contributed by atoms with Gasteiger partial charge in [0, 0.05) is 30.2 Å². The summed E-state index contributed by atoms with van der Waals surface area (Å²) in [6, 6.07) is 4.50. The summed E-state index contributed by atoms with van der Waals surface area (Å²) in [6.45, 7) is -1.35. The number of nitrogens with one attached hydrogen (secondary N) is 2. The van der Waals surface area contributed by atoms with Crippen LogP contribution in [-0.2, 0) is 0 Å². The lowest BCUT2D eigenvalue weighted by Gasteiger charge is -2.35. The Labute approximate surface area is 208 Å². The predicted octanol–water partition coefficient (Wildman–Crippen LogP) is 4.52. The molecule has 5 rings (SSSR count). The molecule has 0 saturated carbocycles. The zero-order valence-corrected chi connectivity index (χ0v) is 20.2. The monoisotopic (exact) mass is 519 g/mol. The van der Waals surface area contributed by atoms with Crippen molar-refractivity contribution in [1.82, 2.24) is 25.2 Å². The molecular formula is C23H23F2N5O3S2. The van der Waals surface area contributed by atoms with Gasteiger partial charge in [-0.3, -0.25) is 4.79 Å². The third-order valence-corrected chi connectivity index (χ3v) is 7.62. The molecule has 184 valence electrons. The number of fused-ring (bicyclic) bond motifs is 1. The van der Waals surface area contributed by atoms with Gasteiger partial charge < -0.3 is 25.0 Å². The van der Waals surface area contributed by atoms with Crippen LogP contribution in [0.15, 0.2) is 56.6 Å². The third kappa shape index (κ3) is 5.65. The molecule has 0 atom stereocenters. The number of amides is 1. The van der Waals surface area contributed by atoms with Crippen LogP contribution in [-0.4, -0.2) is 56.7 Å². The van der Waals surface area contributed by atoms with Gasteiger partial charge in [-0.05, 0) is 55.7 Å². The van der Waals surface area contributed by atoms with Gasteiger partial charge >= 0.3 is 6.61 Å². The molecule has 3 heterocycles. The maximum absolute atomic E-state index is 12.9. The highest BCUT2D eigenvalue weighted by Crippen LogP contribution is 2.31. The highest BCUT2D eigenvalue weighted by Gasteiger charge is 2.23. The predicted molar refractivity (Wildman–Crippen MR) is 129 cm³/mol. The Morgan fingerprint density at radius 2 is 2.14 bits per heavy atom. The van der Waals surface area contributed by atoms with Gasteiger partial charge in [0.25, 0.3) is 5.91 Å². The number of aliphatic hydroxyl groups is 1. The number of nitrogens with zero attached hydrogens (tertiary/aromatic N) is 3. The number of H-pyrrole nitrogens is 1. The minimum absolute atomic E-state index is 0.0482. The van der Waals surface area contributed by atoms with Gasteiger partial charge in [-0.2, -0.15) is 8.78 Å². The molecule has 1 aliphatic carbocycles. The lowest BCUT2D eigenvalue weighted by Crippen LogP contribution is -2.38. The van der Waals surface area contributed by atoms with E-state index in [1.54, 1.807) is 11.4 Å². The molecule has 1 aliphatic heterocycles. The molecule has 3 aromatic rings. The number of alkyl halides is 2. The third-order valence-electron chi connectivity index (χ3n) is 5.79. The molecule has 3 N–H and O–H groups in total. The van der Waals surface area contributed by atoms with Crippen molar-refractivity contribution in [3.05, 3.63) is 52.8 Å². The van der Waals surface area contributed by atoms with E-state index in [2.05, 4.69) is 29.9 Å². The Morgan fingerprint density at radius 1 is 1.31 bits per heavy atom. The van der Waals surface area contributed by atoms with Crippen molar-refractivity contribution < 1.29 is 23.4 Å². The summed E-state index contributed by atoms with van der Waals surface area (Å²) in [7, 11) is 0. The summed E-state index contributed by atoms with van der Waals surface area (Å²) in [5.41, 5.74) is 3.35. The SMILES string of the molecule is O=C(NC1=C(N2CCC(O)CC2)CCC=C1)c1csc(Sc2nc3ccc(OC(F)F)cc3[nH]2)n1. The Bertz CT molecular complexity index is 1280. The van der Waals surface area contributed by atoms with Crippen LogP contribution in [0.25, 0.3) is 11.0 Å². The number of ether oxygens (including phenoxy) is 1. The second-order valence-electron chi connectivity index (χ2n) is 8.17. The number of hydrogen-bond donors (Lipinski definition) is 3. The van der Waals surface area contributed by atoms with E-state index in [0.717, 1.165) is 50.2 Å². The largest absolute Gasteiger partial charge is 0.435 e. The zero-order valence-electron chi connectivity index (χ0n) is 18.5. The number of imidazole rings is 1. The van der Waals surface area contributed by atoms with Crippen LogP contribution in [0.2, 0.25) is 0 Å². The van der Waals surface area contributed by atoms with Gasteiger partial charge in [0.05, 0.1) is 22.8 Å². The quantitative estimate of drug-likeness (QED) is 0.422. The highest BCUT2D eigenvalue weighted by atomic mass is 32.2. The highest BCUT2D eigenvalue weighted by molar-refractivity contribution is 8.00. The number of rotatable bonds is 7. The molecule has 2 aromatic heterocycles. The van der Waals surface area contributed by atoms with Gasteiger partial charge in [-0.15, -0.1) is 11.3 Å². The number of benzene rings is 1. The molecule has 2 aliphatic rings. The Kier molecular flexibility index (Phi) is 7.02. The number of hydrogen-bond acceptors (Lipinski definition) is 8. The van der Waals surface area contributed by atoms with Crippen molar-refractivity contribution in [2.45, 2.75) is 47.9 Å². The van der Waals surface area contributed by atoms with Crippen LogP contribution < -0.4 is 10.1 Å². The van der Waals surface area contributed by atoms with Crippen molar-refractivity contribution in [1.29, 1.82) is 0 Å². The average Bonchev–Trinajstić information content (AvgIpc) is 3.46. The molecule has 12 heteroatoms. The van der Waals surface area contributed by atoms with Gasteiger partial charge in [-0.1, -0.05) is 6.08 Å². The van der Waals surface area contributed by atoms with Gasteiger partial charge in [-0.25, -0.2) is 9.97 Å². The first kappa shape index (κ1) is 23.8. The summed E-state index contributed by atoms with van der Waals surface area (Å²) in [5, 5.41) is 15.0. The maximum atomic E-state index is 12.9. The number of thiazole rings is 1. The number of aromatic amines is 1. The molecule has 1 aromatic carbocycles. The standard InChI is InChI=1S/C23H23F2N5O3S2/c24-21(25)33-14-5-6-15-17(11-14)28-22(27-15)35-23-29-18(12-34-23)20(32)26-16-3-1-2-4-19(16)30-9-7-13(31)8-10-30/h1,3,5-6,11-13,21,31H,2,4,7-10H2,(H,26,32)(H,27,28). The lowest BCUT2D eigenvalue weighted by molar-refractivity contribution is -0.0497. The molecule has 0 spiro atoms. The first-order valence-corrected chi connectivity index (χ1v) is 12.9. The fourth-order valence-electron chi connectivity index (χ4n) is 4.10. The van der Waals surface area contributed by atoms with Crippen LogP contribution in [0.3, 0.4) is 0 Å². The molecule has 1 saturated heterocycles. The number of allylic oxidation sites excluding steroid dienone is 3. The second kappa shape index (κ2) is 10.3. The van der Waals surface area contributed by atoms with Crippen LogP contribution in [0, 0.1) is 0 Å². The van der Waals surface area contributed by atoms with Crippen molar-refractivity contribution in [2.24, 2.45) is 0 Å². The molecular weight excluding hydrogens is 496 g/mol. The first-order chi connectivity index (χ1) is 16.9. The van der Waals surface area contributed by atoms with E-state index < -0.39 is 6.61 Å². The summed E-state index contributed by atoms with van der Waals surface area (Å²) in [4.78, 5) is 27.1. The number of aromatic nitrogens is 3. The smallest absolute Gasteiger partial charge is 0.387 e.